The van der Waals surface area contributed by atoms with Gasteiger partial charge in [0.05, 0.1) is 20.0 Å². The summed E-state index contributed by atoms with van der Waals surface area (Å²) in [6.07, 6.45) is 0. The van der Waals surface area contributed by atoms with Crippen molar-refractivity contribution in [3.05, 3.63) is 35.9 Å². The average molecular weight is 375 g/mol. The smallest absolute Gasteiger partial charge is 0.234 e. The van der Waals surface area contributed by atoms with Crippen LogP contribution in [0.3, 0.4) is 0 Å². The Balaban J connectivity index is 1.62. The molecule has 0 radical (unpaired) electrons. The predicted octanol–water partition coefficient (Wildman–Crippen LogP) is 3.51. The second-order valence-corrected chi connectivity index (χ2v) is 6.71. The number of fused-ring (bicyclic) bond motifs is 1. The van der Waals surface area contributed by atoms with Crippen LogP contribution < -0.4 is 24.3 Å². The molecule has 0 spiro atoms. The Bertz CT molecular complexity index is 809. The normalized spacial score (nSPS) is 12.4. The van der Waals surface area contributed by atoms with Gasteiger partial charge in [0.1, 0.15) is 13.2 Å². The molecule has 0 atom stereocenters. The van der Waals surface area contributed by atoms with Crippen LogP contribution in [0.4, 0.5) is 5.69 Å². The largest absolute Gasteiger partial charge is 0.493 e. The van der Waals surface area contributed by atoms with Gasteiger partial charge in [-0.1, -0.05) is 0 Å². The van der Waals surface area contributed by atoms with Gasteiger partial charge in [0.15, 0.2) is 23.0 Å². The van der Waals surface area contributed by atoms with Crippen molar-refractivity contribution in [1.82, 2.24) is 0 Å². The zero-order valence-corrected chi connectivity index (χ0v) is 15.8. The molecule has 0 saturated heterocycles. The minimum Gasteiger partial charge on any atom is -0.493 e. The number of hydrogen-bond donors (Lipinski definition) is 1. The van der Waals surface area contributed by atoms with Crippen LogP contribution in [-0.2, 0) is 4.79 Å². The predicted molar refractivity (Wildman–Crippen MR) is 101 cm³/mol. The standard InChI is InChI=1S/C19H21NO5S/c1-12-8-16(22-2)17(23-3)10-14(12)20-19(21)11-26-13-4-5-15-18(9-13)25-7-6-24-15/h4-5,8-10H,6-7,11H2,1-3H3,(H,20,21). The number of rotatable bonds is 6. The van der Waals surface area contributed by atoms with E-state index < -0.39 is 0 Å². The molecule has 0 bridgehead atoms. The fourth-order valence-corrected chi connectivity index (χ4v) is 3.29. The number of hydrogen-bond acceptors (Lipinski definition) is 6. The van der Waals surface area contributed by atoms with E-state index in [9.17, 15) is 4.79 Å². The second-order valence-electron chi connectivity index (χ2n) is 5.66. The molecule has 1 amide bonds. The number of amides is 1. The summed E-state index contributed by atoms with van der Waals surface area (Å²) >= 11 is 1.44. The van der Waals surface area contributed by atoms with Crippen LogP contribution in [0.2, 0.25) is 0 Å². The van der Waals surface area contributed by atoms with Crippen molar-refractivity contribution in [2.24, 2.45) is 0 Å². The minimum absolute atomic E-state index is 0.0970. The average Bonchev–Trinajstić information content (AvgIpc) is 2.67. The Labute approximate surface area is 156 Å². The van der Waals surface area contributed by atoms with E-state index in [4.69, 9.17) is 18.9 Å². The summed E-state index contributed by atoms with van der Waals surface area (Å²) in [4.78, 5) is 13.3. The van der Waals surface area contributed by atoms with Gasteiger partial charge in [-0.05, 0) is 36.8 Å². The Morgan fingerprint density at radius 2 is 1.77 bits per heavy atom. The van der Waals surface area contributed by atoms with Crippen molar-refractivity contribution in [3.8, 4) is 23.0 Å². The first kappa shape index (κ1) is 18.3. The fraction of sp³-hybridized carbons (Fsp3) is 0.316. The summed E-state index contributed by atoms with van der Waals surface area (Å²) in [7, 11) is 3.15. The Kier molecular flexibility index (Phi) is 5.78. The first-order valence-corrected chi connectivity index (χ1v) is 9.14. The van der Waals surface area contributed by atoms with E-state index in [1.807, 2.05) is 31.2 Å². The number of benzene rings is 2. The lowest BCUT2D eigenvalue weighted by atomic mass is 10.1. The molecule has 26 heavy (non-hydrogen) atoms. The quantitative estimate of drug-likeness (QED) is 0.780. The maximum absolute atomic E-state index is 12.3. The molecule has 2 aromatic carbocycles. The molecule has 138 valence electrons. The summed E-state index contributed by atoms with van der Waals surface area (Å²) in [5.74, 6) is 2.86. The molecule has 0 saturated carbocycles. The highest BCUT2D eigenvalue weighted by molar-refractivity contribution is 8.00. The molecule has 1 aliphatic heterocycles. The summed E-state index contributed by atoms with van der Waals surface area (Å²) in [5.41, 5.74) is 1.61. The summed E-state index contributed by atoms with van der Waals surface area (Å²) < 4.78 is 21.6. The van der Waals surface area contributed by atoms with Crippen LogP contribution in [0.1, 0.15) is 5.56 Å². The van der Waals surface area contributed by atoms with Crippen molar-refractivity contribution >= 4 is 23.4 Å². The van der Waals surface area contributed by atoms with E-state index in [1.54, 1.807) is 20.3 Å². The van der Waals surface area contributed by atoms with Crippen LogP contribution in [0.25, 0.3) is 0 Å². The van der Waals surface area contributed by atoms with E-state index in [2.05, 4.69) is 5.32 Å². The molecule has 0 unspecified atom stereocenters. The molecular formula is C19H21NO5S. The number of aryl methyl sites for hydroxylation is 1. The molecule has 7 heteroatoms. The molecule has 1 N–H and O–H groups in total. The number of carbonyl (C=O) groups excluding carboxylic acids is 1. The Morgan fingerprint density at radius 3 is 2.50 bits per heavy atom. The summed E-state index contributed by atoms with van der Waals surface area (Å²) in [6, 6.07) is 9.29. The van der Waals surface area contributed by atoms with E-state index in [1.165, 1.54) is 11.8 Å². The van der Waals surface area contributed by atoms with Gasteiger partial charge in [-0.3, -0.25) is 4.79 Å². The van der Waals surface area contributed by atoms with Gasteiger partial charge in [-0.2, -0.15) is 0 Å². The first-order valence-electron chi connectivity index (χ1n) is 8.15. The number of methoxy groups -OCH3 is 2. The number of anilines is 1. The lowest BCUT2D eigenvalue weighted by molar-refractivity contribution is -0.113. The lowest BCUT2D eigenvalue weighted by Gasteiger charge is -2.18. The maximum atomic E-state index is 12.3. The van der Waals surface area contributed by atoms with Crippen molar-refractivity contribution < 1.29 is 23.7 Å². The molecule has 1 aliphatic rings. The van der Waals surface area contributed by atoms with Gasteiger partial charge in [0.2, 0.25) is 5.91 Å². The van der Waals surface area contributed by atoms with Crippen LogP contribution in [-0.4, -0.2) is 39.1 Å². The molecule has 1 heterocycles. The SMILES string of the molecule is COc1cc(C)c(NC(=O)CSc2ccc3c(c2)OCCO3)cc1OC. The lowest BCUT2D eigenvalue weighted by Crippen LogP contribution is -2.16. The number of ether oxygens (including phenoxy) is 4. The van der Waals surface area contributed by atoms with Crippen LogP contribution in [0.5, 0.6) is 23.0 Å². The third-order valence-corrected chi connectivity index (χ3v) is 4.88. The third-order valence-electron chi connectivity index (χ3n) is 3.89. The second kappa shape index (κ2) is 8.23. The van der Waals surface area contributed by atoms with Gasteiger partial charge in [0.25, 0.3) is 0 Å². The number of nitrogens with one attached hydrogen (secondary N) is 1. The molecule has 6 nitrogen and oxygen atoms in total. The zero-order chi connectivity index (χ0) is 18.5. The molecule has 0 aliphatic carbocycles. The molecule has 0 aromatic heterocycles. The van der Waals surface area contributed by atoms with Crippen LogP contribution >= 0.6 is 11.8 Å². The number of carbonyl (C=O) groups is 1. The number of thioether (sulfide) groups is 1. The molecule has 3 rings (SSSR count). The third kappa shape index (κ3) is 4.16. The highest BCUT2D eigenvalue weighted by Gasteiger charge is 2.14. The zero-order valence-electron chi connectivity index (χ0n) is 15.0. The monoisotopic (exact) mass is 375 g/mol. The van der Waals surface area contributed by atoms with Crippen LogP contribution in [0, 0.1) is 6.92 Å². The topological polar surface area (TPSA) is 66.0 Å². The van der Waals surface area contributed by atoms with Crippen molar-refractivity contribution in [1.29, 1.82) is 0 Å². The molecular weight excluding hydrogens is 354 g/mol. The van der Waals surface area contributed by atoms with Crippen molar-refractivity contribution in [2.45, 2.75) is 11.8 Å². The van der Waals surface area contributed by atoms with E-state index in [-0.39, 0.29) is 11.7 Å². The summed E-state index contributed by atoms with van der Waals surface area (Å²) in [6.45, 7) is 3.01. The van der Waals surface area contributed by atoms with Gasteiger partial charge < -0.3 is 24.3 Å². The highest BCUT2D eigenvalue weighted by atomic mass is 32.2. The van der Waals surface area contributed by atoms with Gasteiger partial charge in [-0.25, -0.2) is 0 Å². The van der Waals surface area contributed by atoms with Gasteiger partial charge in [-0.15, -0.1) is 11.8 Å². The van der Waals surface area contributed by atoms with Crippen molar-refractivity contribution in [2.75, 3.05) is 38.5 Å². The Morgan fingerprint density at radius 1 is 1.08 bits per heavy atom. The highest BCUT2D eigenvalue weighted by Crippen LogP contribution is 2.35. The van der Waals surface area contributed by atoms with E-state index in [0.717, 1.165) is 22.0 Å². The van der Waals surface area contributed by atoms with Gasteiger partial charge in [0, 0.05) is 16.6 Å². The minimum atomic E-state index is -0.0970. The summed E-state index contributed by atoms with van der Waals surface area (Å²) in [5, 5.41) is 2.92. The van der Waals surface area contributed by atoms with Gasteiger partial charge >= 0.3 is 0 Å². The fourth-order valence-electron chi connectivity index (χ4n) is 2.56. The first-order chi connectivity index (χ1) is 12.6. The molecule has 0 fully saturated rings. The Hall–Kier alpha value is -2.54. The molecule has 2 aromatic rings. The van der Waals surface area contributed by atoms with Crippen LogP contribution in [0.15, 0.2) is 35.2 Å². The maximum Gasteiger partial charge on any atom is 0.234 e. The van der Waals surface area contributed by atoms with E-state index in [0.29, 0.717) is 30.4 Å². The van der Waals surface area contributed by atoms with E-state index >= 15 is 0 Å². The van der Waals surface area contributed by atoms with Crippen molar-refractivity contribution in [3.63, 3.8) is 0 Å².